The van der Waals surface area contributed by atoms with Gasteiger partial charge in [0, 0.05) is 25.2 Å². The normalized spacial score (nSPS) is 19.9. The molecule has 0 amide bonds. The number of aliphatic hydroxyl groups is 4. The quantitative estimate of drug-likeness (QED) is 0.0174. The zero-order valence-electron chi connectivity index (χ0n) is 35.5. The van der Waals surface area contributed by atoms with Gasteiger partial charge in [-0.1, -0.05) is 121 Å². The van der Waals surface area contributed by atoms with Gasteiger partial charge in [-0.3, -0.25) is 23.4 Å². The van der Waals surface area contributed by atoms with E-state index in [2.05, 4.69) is 42.7 Å². The third-order valence-corrected chi connectivity index (χ3v) is 11.1. The van der Waals surface area contributed by atoms with Gasteiger partial charge in [-0.25, -0.2) is 4.57 Å². The number of ketones is 1. The van der Waals surface area contributed by atoms with E-state index in [1.165, 1.54) is 19.3 Å². The summed E-state index contributed by atoms with van der Waals surface area (Å²) in [5.41, 5.74) is 0. The van der Waals surface area contributed by atoms with Crippen molar-refractivity contribution in [1.82, 2.24) is 0 Å². The third kappa shape index (κ3) is 28.3. The monoisotopic (exact) mass is 845 g/mol. The van der Waals surface area contributed by atoms with Crippen LogP contribution in [0.3, 0.4) is 0 Å². The van der Waals surface area contributed by atoms with E-state index >= 15 is 0 Å². The van der Waals surface area contributed by atoms with E-state index in [1.54, 1.807) is 12.2 Å². The minimum absolute atomic E-state index is 0.0111. The number of Topliss-reactive ketones (excluding diaryl/α,β-unsaturated/α-hetero) is 1. The molecule has 336 valence electrons. The molecule has 0 aromatic rings. The first kappa shape index (κ1) is 53.8. The molecule has 14 heteroatoms. The molecule has 0 aliphatic heterocycles. The predicted molar refractivity (Wildman–Crippen MR) is 225 cm³/mol. The number of hydrogen-bond acceptors (Lipinski definition) is 12. The molecule has 58 heavy (non-hydrogen) atoms. The molecule has 0 saturated heterocycles. The maximum Gasteiger partial charge on any atom is 0.472 e. The zero-order chi connectivity index (χ0) is 42.9. The fourth-order valence-electron chi connectivity index (χ4n) is 6.69. The van der Waals surface area contributed by atoms with Crippen molar-refractivity contribution in [1.29, 1.82) is 0 Å². The molecule has 13 nitrogen and oxygen atoms in total. The topological polar surface area (TPSA) is 206 Å². The van der Waals surface area contributed by atoms with Crippen LogP contribution in [0.4, 0.5) is 0 Å². The molecule has 0 aromatic carbocycles. The second-order valence-corrected chi connectivity index (χ2v) is 17.0. The molecule has 1 rings (SSSR count). The Labute approximate surface area is 348 Å². The summed E-state index contributed by atoms with van der Waals surface area (Å²) >= 11 is 0. The second kappa shape index (κ2) is 34.5. The number of phosphoric ester groups is 1. The van der Waals surface area contributed by atoms with Gasteiger partial charge in [0.1, 0.15) is 18.5 Å². The van der Waals surface area contributed by atoms with E-state index in [4.69, 9.17) is 19.1 Å². The first-order chi connectivity index (χ1) is 27.9. The van der Waals surface area contributed by atoms with Crippen LogP contribution in [0.25, 0.3) is 0 Å². The average molecular weight is 845 g/mol. The number of unbranched alkanes of at least 4 members (excludes halogenated alkanes) is 13. The van der Waals surface area contributed by atoms with Crippen molar-refractivity contribution in [3.05, 3.63) is 36.5 Å². The Hall–Kier alpha value is -2.22. The van der Waals surface area contributed by atoms with E-state index in [0.29, 0.717) is 32.1 Å². The van der Waals surface area contributed by atoms with Crippen LogP contribution in [-0.4, -0.2) is 93.9 Å². The molecule has 0 aromatic heterocycles. The lowest BCUT2D eigenvalue weighted by molar-refractivity contribution is -0.161. The Balaban J connectivity index is 2.45. The second-order valence-electron chi connectivity index (χ2n) is 15.5. The Bertz CT molecular complexity index is 1220. The number of ether oxygens (including phenoxy) is 2. The van der Waals surface area contributed by atoms with Gasteiger partial charge in [0.15, 0.2) is 6.10 Å². The Morgan fingerprint density at radius 1 is 0.776 bits per heavy atom. The van der Waals surface area contributed by atoms with Gasteiger partial charge in [0.25, 0.3) is 0 Å². The van der Waals surface area contributed by atoms with Gasteiger partial charge < -0.3 is 34.8 Å². The smallest absolute Gasteiger partial charge is 0.462 e. The van der Waals surface area contributed by atoms with E-state index in [9.17, 15) is 39.2 Å². The third-order valence-electron chi connectivity index (χ3n) is 10.2. The number of carbonyl (C=O) groups excluding carboxylic acids is 3. The highest BCUT2D eigenvalue weighted by Crippen LogP contribution is 2.43. The van der Waals surface area contributed by atoms with E-state index < -0.39 is 76.5 Å². The van der Waals surface area contributed by atoms with Gasteiger partial charge in [-0.05, 0) is 63.7 Å². The SMILES string of the molecule is CCCCC/C=C\C/C=C\CCCCCCCC(=O)O[C@H](COC(=O)CCCCCC[C@H]1[C@@H](O)CC(=O)[C@@H]1/C=C/[C@@H](O)CCCCC)COP(=O)(O)OC[C@@H](O)CO. The summed E-state index contributed by atoms with van der Waals surface area (Å²) in [4.78, 5) is 47.7. The molecular weight excluding hydrogens is 767 g/mol. The van der Waals surface area contributed by atoms with E-state index in [1.807, 2.05) is 0 Å². The molecule has 0 spiro atoms. The van der Waals surface area contributed by atoms with Crippen molar-refractivity contribution in [3.8, 4) is 0 Å². The van der Waals surface area contributed by atoms with Crippen molar-refractivity contribution >= 4 is 25.5 Å². The van der Waals surface area contributed by atoms with Crippen molar-refractivity contribution in [2.24, 2.45) is 11.8 Å². The van der Waals surface area contributed by atoms with Crippen LogP contribution >= 0.6 is 7.82 Å². The molecule has 1 fully saturated rings. The number of allylic oxidation sites excluding steroid dienone is 5. The molecule has 1 aliphatic carbocycles. The first-order valence-corrected chi connectivity index (χ1v) is 23.5. The summed E-state index contributed by atoms with van der Waals surface area (Å²) in [5.74, 6) is -1.72. The van der Waals surface area contributed by atoms with Gasteiger partial charge in [-0.15, -0.1) is 0 Å². The van der Waals surface area contributed by atoms with Gasteiger partial charge in [-0.2, -0.15) is 0 Å². The van der Waals surface area contributed by atoms with Crippen LogP contribution < -0.4 is 0 Å². The van der Waals surface area contributed by atoms with Crippen LogP contribution in [0.5, 0.6) is 0 Å². The highest BCUT2D eigenvalue weighted by atomic mass is 31.2. The van der Waals surface area contributed by atoms with E-state index in [-0.39, 0.29) is 31.0 Å². The minimum atomic E-state index is -4.68. The molecule has 7 atom stereocenters. The molecule has 0 radical (unpaired) electrons. The summed E-state index contributed by atoms with van der Waals surface area (Å²) in [6.07, 6.45) is 27.3. The van der Waals surface area contributed by atoms with Crippen LogP contribution in [0.2, 0.25) is 0 Å². The number of phosphoric acid groups is 1. The highest BCUT2D eigenvalue weighted by Gasteiger charge is 2.39. The lowest BCUT2D eigenvalue weighted by Crippen LogP contribution is -2.29. The lowest BCUT2D eigenvalue weighted by atomic mass is 9.88. The molecule has 1 saturated carbocycles. The van der Waals surface area contributed by atoms with Crippen molar-refractivity contribution in [2.45, 2.75) is 186 Å². The van der Waals surface area contributed by atoms with Crippen molar-refractivity contribution in [3.63, 3.8) is 0 Å². The van der Waals surface area contributed by atoms with Gasteiger partial charge >= 0.3 is 19.8 Å². The highest BCUT2D eigenvalue weighted by molar-refractivity contribution is 7.47. The van der Waals surface area contributed by atoms with Gasteiger partial charge in [0.05, 0.1) is 32.0 Å². The van der Waals surface area contributed by atoms with Crippen LogP contribution in [0.15, 0.2) is 36.5 Å². The Kier molecular flexibility index (Phi) is 32.0. The molecular formula is C44H77O13P. The minimum Gasteiger partial charge on any atom is -0.462 e. The fourth-order valence-corrected chi connectivity index (χ4v) is 7.48. The number of hydrogen-bond donors (Lipinski definition) is 5. The standard InChI is InChI=1S/C44H77O13P/c1-3-5-7-8-9-10-11-12-13-14-15-16-17-18-24-28-44(51)57-38(35-56-58(52,53)55-33-37(47)32-45)34-54-43(50)27-23-20-19-22-26-39-40(42(49)31-41(39)48)30-29-36(46)25-21-6-4-2/h9-10,12-13,29-30,36-41,45-48H,3-8,11,14-28,31-35H2,1-2H3,(H,52,53)/b10-9-,13-12-,30-29+/t36-,37-,38+,39+,40+,41-/m0/s1. The zero-order valence-corrected chi connectivity index (χ0v) is 36.4. The largest absolute Gasteiger partial charge is 0.472 e. The molecule has 0 bridgehead atoms. The number of esters is 2. The number of rotatable bonds is 37. The summed E-state index contributed by atoms with van der Waals surface area (Å²) in [6.45, 7) is 1.96. The molecule has 1 unspecified atom stereocenters. The lowest BCUT2D eigenvalue weighted by Gasteiger charge is -2.20. The fraction of sp³-hybridized carbons (Fsp3) is 0.795. The van der Waals surface area contributed by atoms with Crippen LogP contribution in [0.1, 0.15) is 162 Å². The summed E-state index contributed by atoms with van der Waals surface area (Å²) in [5, 5.41) is 39.1. The summed E-state index contributed by atoms with van der Waals surface area (Å²) < 4.78 is 32.7. The summed E-state index contributed by atoms with van der Waals surface area (Å²) in [6, 6.07) is 0. The summed E-state index contributed by atoms with van der Waals surface area (Å²) in [7, 11) is -4.68. The van der Waals surface area contributed by atoms with Crippen LogP contribution in [-0.2, 0) is 37.5 Å². The molecule has 5 N–H and O–H groups in total. The number of aliphatic hydroxyl groups excluding tert-OH is 4. The van der Waals surface area contributed by atoms with Crippen LogP contribution in [0, 0.1) is 11.8 Å². The van der Waals surface area contributed by atoms with Gasteiger partial charge in [0.2, 0.25) is 0 Å². The predicted octanol–water partition coefficient (Wildman–Crippen LogP) is 8.15. The Morgan fingerprint density at radius 3 is 2.03 bits per heavy atom. The van der Waals surface area contributed by atoms with Crippen molar-refractivity contribution in [2.75, 3.05) is 26.4 Å². The maximum absolute atomic E-state index is 12.6. The first-order valence-electron chi connectivity index (χ1n) is 22.0. The maximum atomic E-state index is 12.6. The van der Waals surface area contributed by atoms with Crippen molar-refractivity contribution < 1.29 is 62.8 Å². The molecule has 1 aliphatic rings. The van der Waals surface area contributed by atoms with E-state index in [0.717, 1.165) is 77.0 Å². The number of carbonyl (C=O) groups is 3. The Morgan fingerprint density at radius 2 is 1.36 bits per heavy atom. The average Bonchev–Trinajstić information content (AvgIpc) is 3.47. The molecule has 0 heterocycles.